The molecule has 0 aliphatic heterocycles. The summed E-state index contributed by atoms with van der Waals surface area (Å²) in [5, 5.41) is 3.24. The summed E-state index contributed by atoms with van der Waals surface area (Å²) >= 11 is 3.46. The summed E-state index contributed by atoms with van der Waals surface area (Å²) in [6.45, 7) is 8.86. The zero-order valence-electron chi connectivity index (χ0n) is 13.1. The quantitative estimate of drug-likeness (QED) is 0.792. The molecule has 0 saturated heterocycles. The van der Waals surface area contributed by atoms with Crippen LogP contribution < -0.4 is 10.1 Å². The smallest absolute Gasteiger partial charge is 0.158 e. The van der Waals surface area contributed by atoms with Crippen molar-refractivity contribution in [3.8, 4) is 5.75 Å². The van der Waals surface area contributed by atoms with Crippen LogP contribution in [0.15, 0.2) is 22.7 Å². The molecule has 0 unspecified atom stereocenters. The summed E-state index contributed by atoms with van der Waals surface area (Å²) < 4.78 is 30.0. The maximum absolute atomic E-state index is 12.1. The van der Waals surface area contributed by atoms with Gasteiger partial charge in [0.05, 0.1) is 15.0 Å². The Bertz CT molecular complexity index is 565. The number of hydrogen-bond donors (Lipinski definition) is 1. The van der Waals surface area contributed by atoms with Crippen molar-refractivity contribution in [2.45, 2.75) is 39.0 Å². The van der Waals surface area contributed by atoms with Crippen molar-refractivity contribution < 1.29 is 13.2 Å². The fraction of sp³-hybridized carbons (Fsp3) is 0.600. The highest BCUT2D eigenvalue weighted by Crippen LogP contribution is 2.29. The molecular formula is C15H24BrNO3S. The average Bonchev–Trinajstić information content (AvgIpc) is 2.37. The number of sulfone groups is 1. The molecule has 1 rings (SSSR count). The minimum atomic E-state index is -3.17. The van der Waals surface area contributed by atoms with E-state index >= 15 is 0 Å². The number of benzene rings is 1. The summed E-state index contributed by atoms with van der Waals surface area (Å²) in [4.78, 5) is 0. The van der Waals surface area contributed by atoms with Crippen LogP contribution in [0.2, 0.25) is 0 Å². The number of ether oxygens (including phenoxy) is 1. The average molecular weight is 378 g/mol. The van der Waals surface area contributed by atoms with Crippen molar-refractivity contribution >= 4 is 25.8 Å². The Hall–Kier alpha value is -0.590. The van der Waals surface area contributed by atoms with Gasteiger partial charge in [-0.25, -0.2) is 8.42 Å². The van der Waals surface area contributed by atoms with Crippen molar-refractivity contribution in [2.75, 3.05) is 18.9 Å². The van der Waals surface area contributed by atoms with E-state index in [1.807, 2.05) is 25.1 Å². The second-order valence-electron chi connectivity index (χ2n) is 5.79. The molecule has 0 heterocycles. The van der Waals surface area contributed by atoms with E-state index in [1.165, 1.54) is 0 Å². The lowest BCUT2D eigenvalue weighted by Gasteiger charge is -2.20. The first-order valence-corrected chi connectivity index (χ1v) is 9.46. The van der Waals surface area contributed by atoms with Gasteiger partial charge in [-0.15, -0.1) is 0 Å². The predicted octanol–water partition coefficient (Wildman–Crippen LogP) is 3.15. The van der Waals surface area contributed by atoms with Crippen LogP contribution in [-0.2, 0) is 16.4 Å². The molecule has 1 N–H and O–H groups in total. The molecule has 0 fully saturated rings. The number of rotatable bonds is 7. The minimum Gasteiger partial charge on any atom is -0.491 e. The minimum absolute atomic E-state index is 0.0124. The zero-order valence-corrected chi connectivity index (χ0v) is 15.5. The highest BCUT2D eigenvalue weighted by molar-refractivity contribution is 9.10. The Kier molecular flexibility index (Phi) is 6.69. The van der Waals surface area contributed by atoms with Gasteiger partial charge in [-0.1, -0.05) is 19.1 Å². The van der Waals surface area contributed by atoms with Crippen LogP contribution in [0, 0.1) is 0 Å². The van der Waals surface area contributed by atoms with Crippen molar-refractivity contribution in [2.24, 2.45) is 0 Å². The van der Waals surface area contributed by atoms with Crippen LogP contribution in [0.3, 0.4) is 0 Å². The SMILES string of the molecule is CCNCc1cccc(Br)c1OCCS(=O)(=O)C(C)(C)C. The molecule has 0 aromatic heterocycles. The van der Waals surface area contributed by atoms with Gasteiger partial charge in [-0.05, 0) is 49.3 Å². The van der Waals surface area contributed by atoms with E-state index in [4.69, 9.17) is 4.74 Å². The number of nitrogens with one attached hydrogen (secondary N) is 1. The fourth-order valence-electron chi connectivity index (χ4n) is 1.67. The predicted molar refractivity (Wildman–Crippen MR) is 90.6 cm³/mol. The molecule has 0 aliphatic rings. The van der Waals surface area contributed by atoms with Crippen molar-refractivity contribution in [3.63, 3.8) is 0 Å². The highest BCUT2D eigenvalue weighted by Gasteiger charge is 2.28. The fourth-order valence-corrected chi connectivity index (χ4v) is 3.11. The summed E-state index contributed by atoms with van der Waals surface area (Å²) in [6, 6.07) is 5.81. The molecule has 0 aliphatic carbocycles. The van der Waals surface area contributed by atoms with Crippen LogP contribution >= 0.6 is 15.9 Å². The first-order chi connectivity index (χ1) is 9.69. The van der Waals surface area contributed by atoms with Gasteiger partial charge in [0.2, 0.25) is 0 Å². The molecule has 0 saturated carbocycles. The molecule has 4 nitrogen and oxygen atoms in total. The Morgan fingerprint density at radius 2 is 1.95 bits per heavy atom. The van der Waals surface area contributed by atoms with Gasteiger partial charge in [0.1, 0.15) is 12.4 Å². The molecular weight excluding hydrogens is 354 g/mol. The van der Waals surface area contributed by atoms with Crippen molar-refractivity contribution in [1.82, 2.24) is 5.32 Å². The molecule has 0 bridgehead atoms. The number of halogens is 1. The largest absolute Gasteiger partial charge is 0.491 e. The van der Waals surface area contributed by atoms with Crippen molar-refractivity contribution in [1.29, 1.82) is 0 Å². The molecule has 0 amide bonds. The van der Waals surface area contributed by atoms with Gasteiger partial charge in [0, 0.05) is 12.1 Å². The summed E-state index contributed by atoms with van der Waals surface area (Å²) in [6.07, 6.45) is 0. The molecule has 21 heavy (non-hydrogen) atoms. The molecule has 1 aromatic carbocycles. The van der Waals surface area contributed by atoms with Gasteiger partial charge in [-0.3, -0.25) is 0 Å². The summed E-state index contributed by atoms with van der Waals surface area (Å²) in [5.41, 5.74) is 1.01. The van der Waals surface area contributed by atoms with Crippen LogP contribution in [0.5, 0.6) is 5.75 Å². The third-order valence-corrected chi connectivity index (χ3v) is 6.34. The first kappa shape index (κ1) is 18.5. The summed E-state index contributed by atoms with van der Waals surface area (Å²) in [7, 11) is -3.17. The molecule has 120 valence electrons. The van der Waals surface area contributed by atoms with E-state index in [9.17, 15) is 8.42 Å². The standard InChI is InChI=1S/C15H24BrNO3S/c1-5-17-11-12-7-6-8-13(16)14(12)20-9-10-21(18,19)15(2,3)4/h6-8,17H,5,9-11H2,1-4H3. The van der Waals surface area contributed by atoms with Crippen molar-refractivity contribution in [3.05, 3.63) is 28.2 Å². The molecule has 0 radical (unpaired) electrons. The summed E-state index contributed by atoms with van der Waals surface area (Å²) in [5.74, 6) is 0.723. The third-order valence-electron chi connectivity index (χ3n) is 3.15. The van der Waals surface area contributed by atoms with E-state index in [0.717, 1.165) is 16.6 Å². The monoisotopic (exact) mass is 377 g/mol. The third kappa shape index (κ3) is 5.27. The van der Waals surface area contributed by atoms with E-state index < -0.39 is 14.6 Å². The van der Waals surface area contributed by atoms with Gasteiger partial charge < -0.3 is 10.1 Å². The van der Waals surface area contributed by atoms with E-state index in [1.54, 1.807) is 20.8 Å². The lowest BCUT2D eigenvalue weighted by molar-refractivity contribution is 0.333. The molecule has 0 spiro atoms. The van der Waals surface area contributed by atoms with Crippen LogP contribution in [0.25, 0.3) is 0 Å². The normalized spacial score (nSPS) is 12.4. The lowest BCUT2D eigenvalue weighted by Crippen LogP contribution is -2.32. The van der Waals surface area contributed by atoms with Gasteiger partial charge in [-0.2, -0.15) is 0 Å². The Balaban J connectivity index is 2.76. The van der Waals surface area contributed by atoms with Gasteiger partial charge >= 0.3 is 0 Å². The Labute approximate surface area is 136 Å². The van der Waals surface area contributed by atoms with E-state index in [-0.39, 0.29) is 12.4 Å². The van der Waals surface area contributed by atoms with E-state index in [0.29, 0.717) is 12.3 Å². The zero-order chi connectivity index (χ0) is 16.1. The maximum atomic E-state index is 12.1. The number of para-hydroxylation sites is 1. The maximum Gasteiger partial charge on any atom is 0.158 e. The van der Waals surface area contributed by atoms with Crippen LogP contribution in [0.1, 0.15) is 33.3 Å². The highest BCUT2D eigenvalue weighted by atomic mass is 79.9. The second-order valence-corrected chi connectivity index (χ2v) is 9.50. The second kappa shape index (κ2) is 7.61. The first-order valence-electron chi connectivity index (χ1n) is 7.02. The topological polar surface area (TPSA) is 55.4 Å². The number of hydrogen-bond acceptors (Lipinski definition) is 4. The lowest BCUT2D eigenvalue weighted by atomic mass is 10.2. The van der Waals surface area contributed by atoms with Crippen LogP contribution in [0.4, 0.5) is 0 Å². The van der Waals surface area contributed by atoms with E-state index in [2.05, 4.69) is 21.2 Å². The molecule has 6 heteroatoms. The molecule has 1 aromatic rings. The van der Waals surface area contributed by atoms with Crippen LogP contribution in [-0.4, -0.2) is 32.1 Å². The molecule has 0 atom stereocenters. The van der Waals surface area contributed by atoms with Gasteiger partial charge in [0.15, 0.2) is 9.84 Å². The Morgan fingerprint density at radius 1 is 1.29 bits per heavy atom. The Morgan fingerprint density at radius 3 is 2.52 bits per heavy atom. The van der Waals surface area contributed by atoms with Gasteiger partial charge in [0.25, 0.3) is 0 Å².